The molecule has 0 aromatic heterocycles. The fraction of sp³-hybridized carbons (Fsp3) is 0.917. The molecule has 0 bridgehead atoms. The van der Waals surface area contributed by atoms with Crippen LogP contribution < -0.4 is 4.72 Å². The molecule has 19 heavy (non-hydrogen) atoms. The molecule has 2 aliphatic rings. The number of nitriles is 1. The molecule has 2 saturated heterocycles. The van der Waals surface area contributed by atoms with Crippen molar-refractivity contribution >= 4 is 10.2 Å². The number of nitrogens with one attached hydrogen (secondary N) is 1. The summed E-state index contributed by atoms with van der Waals surface area (Å²) in [5.74, 6) is 0. The second kappa shape index (κ2) is 6.18. The molecular weight excluding hydrogens is 264 g/mol. The SMILES string of the molecule is CN(CCC#N)S(=O)(=O)NC1CCN2CCCCC12. The summed E-state index contributed by atoms with van der Waals surface area (Å²) >= 11 is 0. The molecule has 7 heteroatoms. The smallest absolute Gasteiger partial charge is 0.279 e. The van der Waals surface area contributed by atoms with Crippen LogP contribution in [0.1, 0.15) is 32.1 Å². The predicted molar refractivity (Wildman–Crippen MR) is 72.5 cm³/mol. The van der Waals surface area contributed by atoms with E-state index in [0.717, 1.165) is 25.9 Å². The van der Waals surface area contributed by atoms with Crippen LogP contribution in [0.2, 0.25) is 0 Å². The van der Waals surface area contributed by atoms with Gasteiger partial charge in [-0.05, 0) is 25.8 Å². The van der Waals surface area contributed by atoms with Gasteiger partial charge in [-0.3, -0.25) is 4.90 Å². The topological polar surface area (TPSA) is 76.4 Å². The molecule has 0 saturated carbocycles. The second-order valence-electron chi connectivity index (χ2n) is 5.35. The van der Waals surface area contributed by atoms with Gasteiger partial charge in [0.05, 0.1) is 6.07 Å². The average molecular weight is 286 g/mol. The molecule has 1 N–H and O–H groups in total. The van der Waals surface area contributed by atoms with E-state index in [1.54, 1.807) is 0 Å². The van der Waals surface area contributed by atoms with E-state index in [2.05, 4.69) is 9.62 Å². The maximum Gasteiger partial charge on any atom is 0.279 e. The quantitative estimate of drug-likeness (QED) is 0.788. The summed E-state index contributed by atoms with van der Waals surface area (Å²) in [4.78, 5) is 2.39. The van der Waals surface area contributed by atoms with Crippen molar-refractivity contribution in [1.82, 2.24) is 13.9 Å². The van der Waals surface area contributed by atoms with Crippen molar-refractivity contribution in [3.05, 3.63) is 0 Å². The van der Waals surface area contributed by atoms with Crippen LogP contribution in [0.5, 0.6) is 0 Å². The fourth-order valence-corrected chi connectivity index (χ4v) is 4.16. The third-order valence-corrected chi connectivity index (χ3v) is 5.71. The van der Waals surface area contributed by atoms with Crippen molar-refractivity contribution in [1.29, 1.82) is 5.26 Å². The molecule has 0 spiro atoms. The normalized spacial score (nSPS) is 28.3. The highest BCUT2D eigenvalue weighted by molar-refractivity contribution is 7.87. The van der Waals surface area contributed by atoms with Crippen LogP contribution in [0.3, 0.4) is 0 Å². The maximum absolute atomic E-state index is 12.2. The van der Waals surface area contributed by atoms with Gasteiger partial charge in [-0.15, -0.1) is 0 Å². The first-order valence-electron chi connectivity index (χ1n) is 6.89. The number of fused-ring (bicyclic) bond motifs is 1. The van der Waals surface area contributed by atoms with Crippen molar-refractivity contribution in [3.63, 3.8) is 0 Å². The molecule has 0 amide bonds. The number of hydrogen-bond donors (Lipinski definition) is 1. The highest BCUT2D eigenvalue weighted by Gasteiger charge is 2.38. The lowest BCUT2D eigenvalue weighted by molar-refractivity contribution is 0.185. The molecule has 0 aromatic carbocycles. The van der Waals surface area contributed by atoms with E-state index in [1.165, 1.54) is 24.2 Å². The molecule has 2 unspecified atom stereocenters. The molecule has 2 fully saturated rings. The van der Waals surface area contributed by atoms with Crippen LogP contribution >= 0.6 is 0 Å². The third-order valence-electron chi connectivity index (χ3n) is 4.11. The lowest BCUT2D eigenvalue weighted by Gasteiger charge is -2.33. The van der Waals surface area contributed by atoms with Crippen molar-refractivity contribution < 1.29 is 8.42 Å². The van der Waals surface area contributed by atoms with Gasteiger partial charge in [0.1, 0.15) is 0 Å². The zero-order chi connectivity index (χ0) is 13.9. The molecule has 108 valence electrons. The number of rotatable bonds is 5. The Morgan fingerprint density at radius 2 is 2.16 bits per heavy atom. The molecule has 2 atom stereocenters. The summed E-state index contributed by atoms with van der Waals surface area (Å²) in [5.41, 5.74) is 0. The van der Waals surface area contributed by atoms with Crippen LogP contribution in [-0.2, 0) is 10.2 Å². The van der Waals surface area contributed by atoms with Gasteiger partial charge in [-0.1, -0.05) is 6.42 Å². The van der Waals surface area contributed by atoms with E-state index in [-0.39, 0.29) is 19.0 Å². The molecule has 2 rings (SSSR count). The van der Waals surface area contributed by atoms with E-state index >= 15 is 0 Å². The minimum atomic E-state index is -3.46. The number of piperidine rings is 1. The maximum atomic E-state index is 12.2. The summed E-state index contributed by atoms with van der Waals surface area (Å²) in [6.07, 6.45) is 4.59. The Morgan fingerprint density at radius 3 is 2.89 bits per heavy atom. The van der Waals surface area contributed by atoms with Crippen molar-refractivity contribution in [2.45, 2.75) is 44.2 Å². The van der Waals surface area contributed by atoms with E-state index in [4.69, 9.17) is 5.26 Å². The monoisotopic (exact) mass is 286 g/mol. The lowest BCUT2D eigenvalue weighted by Crippen LogP contribution is -2.50. The van der Waals surface area contributed by atoms with Gasteiger partial charge >= 0.3 is 0 Å². The molecule has 2 aliphatic heterocycles. The second-order valence-corrected chi connectivity index (χ2v) is 7.16. The lowest BCUT2D eigenvalue weighted by atomic mass is 10.00. The molecule has 0 aliphatic carbocycles. The Balaban J connectivity index is 1.94. The zero-order valence-corrected chi connectivity index (χ0v) is 12.2. The zero-order valence-electron chi connectivity index (χ0n) is 11.4. The summed E-state index contributed by atoms with van der Waals surface area (Å²) in [7, 11) is -1.94. The van der Waals surface area contributed by atoms with Gasteiger partial charge in [-0.25, -0.2) is 0 Å². The number of hydrogen-bond acceptors (Lipinski definition) is 4. The molecular formula is C12H22N4O2S. The van der Waals surface area contributed by atoms with Gasteiger partial charge in [0.25, 0.3) is 10.2 Å². The van der Waals surface area contributed by atoms with Gasteiger partial charge in [0, 0.05) is 38.6 Å². The Bertz CT molecular complexity index is 445. The van der Waals surface area contributed by atoms with Gasteiger partial charge < -0.3 is 0 Å². The van der Waals surface area contributed by atoms with Crippen LogP contribution in [0.25, 0.3) is 0 Å². The van der Waals surface area contributed by atoms with E-state index in [9.17, 15) is 8.42 Å². The first kappa shape index (κ1) is 14.7. The highest BCUT2D eigenvalue weighted by Crippen LogP contribution is 2.27. The highest BCUT2D eigenvalue weighted by atomic mass is 32.2. The van der Waals surface area contributed by atoms with Gasteiger partial charge in [0.15, 0.2) is 0 Å². The van der Waals surface area contributed by atoms with Crippen LogP contribution in [-0.4, -0.2) is 56.4 Å². The van der Waals surface area contributed by atoms with Crippen LogP contribution in [0.15, 0.2) is 0 Å². The summed E-state index contributed by atoms with van der Waals surface area (Å²) in [6, 6.07) is 2.35. The van der Waals surface area contributed by atoms with Crippen molar-refractivity contribution in [2.75, 3.05) is 26.7 Å². The minimum Gasteiger partial charge on any atom is -0.299 e. The first-order chi connectivity index (χ1) is 9.04. The molecule has 2 heterocycles. The van der Waals surface area contributed by atoms with Crippen LogP contribution in [0.4, 0.5) is 0 Å². The van der Waals surface area contributed by atoms with Gasteiger partial charge in [-0.2, -0.15) is 22.7 Å². The van der Waals surface area contributed by atoms with E-state index in [0.29, 0.717) is 6.04 Å². The Hall–Kier alpha value is -0.680. The van der Waals surface area contributed by atoms with Gasteiger partial charge in [0.2, 0.25) is 0 Å². The van der Waals surface area contributed by atoms with E-state index < -0.39 is 10.2 Å². The minimum absolute atomic E-state index is 0.0230. The largest absolute Gasteiger partial charge is 0.299 e. The summed E-state index contributed by atoms with van der Waals surface area (Å²) in [5, 5.41) is 8.52. The summed E-state index contributed by atoms with van der Waals surface area (Å²) < 4.78 is 28.4. The molecule has 6 nitrogen and oxygen atoms in total. The standard InChI is InChI=1S/C12H22N4O2S/c1-15(8-4-7-13)19(17,18)14-11-6-10-16-9-3-2-5-12(11)16/h11-12,14H,2-6,8-10H2,1H3. The van der Waals surface area contributed by atoms with Crippen LogP contribution in [0, 0.1) is 11.3 Å². The molecule has 0 radical (unpaired) electrons. The summed E-state index contributed by atoms with van der Waals surface area (Å²) in [6.45, 7) is 2.32. The average Bonchev–Trinajstić information content (AvgIpc) is 2.79. The van der Waals surface area contributed by atoms with Crippen molar-refractivity contribution in [3.8, 4) is 6.07 Å². The first-order valence-corrected chi connectivity index (χ1v) is 8.33. The molecule has 0 aromatic rings. The fourth-order valence-electron chi connectivity index (χ4n) is 2.99. The Labute approximate surface area is 115 Å². The Kier molecular flexibility index (Phi) is 4.79. The van der Waals surface area contributed by atoms with Crippen molar-refractivity contribution in [2.24, 2.45) is 0 Å². The Morgan fingerprint density at radius 1 is 1.37 bits per heavy atom. The predicted octanol–water partition coefficient (Wildman–Crippen LogP) is 0.293. The third kappa shape index (κ3) is 3.45. The number of nitrogens with zero attached hydrogens (tertiary/aromatic N) is 3. The van der Waals surface area contributed by atoms with E-state index in [1.807, 2.05) is 6.07 Å².